The maximum atomic E-state index is 13.6. The molecule has 2 amide bonds. The van der Waals surface area contributed by atoms with Crippen molar-refractivity contribution >= 4 is 28.9 Å². The van der Waals surface area contributed by atoms with Gasteiger partial charge in [0, 0.05) is 11.8 Å². The highest BCUT2D eigenvalue weighted by Gasteiger charge is 2.24. The molecule has 0 spiro atoms. The number of carbonyl (C=O) groups excluding carboxylic acids is 2. The number of anilines is 3. The number of carbonyl (C=O) groups is 2. The Morgan fingerprint density at radius 3 is 2.77 bits per heavy atom. The number of halogens is 2. The van der Waals surface area contributed by atoms with Crippen molar-refractivity contribution in [3.05, 3.63) is 48.0 Å². The first kappa shape index (κ1) is 17.7. The van der Waals surface area contributed by atoms with Crippen molar-refractivity contribution in [2.75, 3.05) is 16.0 Å². The number of fused-ring (bicyclic) bond motifs is 1. The van der Waals surface area contributed by atoms with Crippen molar-refractivity contribution in [1.29, 1.82) is 0 Å². The van der Waals surface area contributed by atoms with E-state index in [0.717, 1.165) is 18.2 Å². The van der Waals surface area contributed by atoms with Crippen LogP contribution in [0, 0.1) is 11.6 Å². The lowest BCUT2D eigenvalue weighted by Gasteiger charge is -2.24. The second-order valence-corrected chi connectivity index (χ2v) is 5.94. The second kappa shape index (κ2) is 6.99. The highest BCUT2D eigenvalue weighted by molar-refractivity contribution is 5.99. The minimum Gasteiger partial charge on any atom is -0.479 e. The van der Waals surface area contributed by atoms with E-state index in [1.165, 1.54) is 0 Å². The summed E-state index contributed by atoms with van der Waals surface area (Å²) in [5.74, 6) is -1.65. The molecule has 0 saturated carbocycles. The number of hydrogen-bond acceptors (Lipinski definition) is 4. The van der Waals surface area contributed by atoms with Gasteiger partial charge in [0.25, 0.3) is 5.91 Å². The molecule has 3 rings (SSSR count). The smallest absolute Gasteiger partial charge is 0.265 e. The zero-order chi connectivity index (χ0) is 18.8. The average Bonchev–Trinajstić information content (AvgIpc) is 2.59. The van der Waals surface area contributed by atoms with Crippen molar-refractivity contribution in [2.24, 2.45) is 0 Å². The second-order valence-electron chi connectivity index (χ2n) is 5.94. The fourth-order valence-corrected chi connectivity index (χ4v) is 2.45. The van der Waals surface area contributed by atoms with Crippen LogP contribution in [-0.4, -0.2) is 24.0 Å². The van der Waals surface area contributed by atoms with Gasteiger partial charge in [0.2, 0.25) is 5.91 Å². The largest absolute Gasteiger partial charge is 0.479 e. The molecule has 0 radical (unpaired) electrons. The molecule has 2 unspecified atom stereocenters. The molecule has 0 saturated heterocycles. The molecule has 0 aromatic heterocycles. The number of amides is 2. The van der Waals surface area contributed by atoms with Gasteiger partial charge in [-0.25, -0.2) is 8.78 Å². The standard InChI is InChI=1S/C18H17F2N3O3/c1-9(17(24)22-14-7-11(19)3-5-13(14)20)21-12-4-6-16-15(8-12)23-18(25)10(2)26-16/h3-10,21H,1-2H3,(H,22,24)(H,23,25). The molecule has 2 aromatic rings. The van der Waals surface area contributed by atoms with Crippen LogP contribution >= 0.6 is 0 Å². The zero-order valence-electron chi connectivity index (χ0n) is 14.1. The Labute approximate surface area is 148 Å². The summed E-state index contributed by atoms with van der Waals surface area (Å²) in [6, 6.07) is 7.07. The molecule has 2 atom stereocenters. The van der Waals surface area contributed by atoms with Crippen LogP contribution in [0.25, 0.3) is 0 Å². The minimum absolute atomic E-state index is 0.233. The van der Waals surface area contributed by atoms with Gasteiger partial charge >= 0.3 is 0 Å². The van der Waals surface area contributed by atoms with Gasteiger partial charge in [-0.2, -0.15) is 0 Å². The van der Waals surface area contributed by atoms with E-state index in [9.17, 15) is 18.4 Å². The Bertz CT molecular complexity index is 873. The van der Waals surface area contributed by atoms with E-state index in [0.29, 0.717) is 17.1 Å². The molecule has 26 heavy (non-hydrogen) atoms. The molecule has 0 fully saturated rings. The van der Waals surface area contributed by atoms with Crippen LogP contribution in [0.5, 0.6) is 5.75 Å². The Morgan fingerprint density at radius 2 is 2.00 bits per heavy atom. The van der Waals surface area contributed by atoms with Gasteiger partial charge in [-0.05, 0) is 44.2 Å². The Balaban J connectivity index is 1.69. The SMILES string of the molecule is CC(Nc1ccc2c(c1)NC(=O)C(C)O2)C(=O)Nc1cc(F)ccc1F. The summed E-state index contributed by atoms with van der Waals surface area (Å²) in [6.07, 6.45) is -0.577. The summed E-state index contributed by atoms with van der Waals surface area (Å²) in [5.41, 5.74) is 0.815. The normalized spacial score (nSPS) is 16.8. The molecular weight excluding hydrogens is 344 g/mol. The molecule has 1 aliphatic rings. The lowest BCUT2D eigenvalue weighted by atomic mass is 10.2. The van der Waals surface area contributed by atoms with Gasteiger partial charge in [0.15, 0.2) is 6.10 Å². The van der Waals surface area contributed by atoms with Crippen LogP contribution in [0.3, 0.4) is 0 Å². The first-order valence-electron chi connectivity index (χ1n) is 7.97. The molecule has 1 heterocycles. The van der Waals surface area contributed by atoms with Crippen LogP contribution in [0.4, 0.5) is 25.8 Å². The Hall–Kier alpha value is -3.16. The van der Waals surface area contributed by atoms with Crippen molar-refractivity contribution in [3.8, 4) is 5.75 Å². The summed E-state index contributed by atoms with van der Waals surface area (Å²) < 4.78 is 32.3. The average molecular weight is 361 g/mol. The summed E-state index contributed by atoms with van der Waals surface area (Å²) in [7, 11) is 0. The topological polar surface area (TPSA) is 79.5 Å². The fourth-order valence-electron chi connectivity index (χ4n) is 2.45. The predicted molar refractivity (Wildman–Crippen MR) is 93.2 cm³/mol. The van der Waals surface area contributed by atoms with E-state index >= 15 is 0 Å². The molecular formula is C18H17F2N3O3. The van der Waals surface area contributed by atoms with Gasteiger partial charge in [0.05, 0.1) is 11.4 Å². The van der Waals surface area contributed by atoms with Crippen LogP contribution in [0.1, 0.15) is 13.8 Å². The molecule has 6 nitrogen and oxygen atoms in total. The van der Waals surface area contributed by atoms with Crippen molar-refractivity contribution in [1.82, 2.24) is 0 Å². The highest BCUT2D eigenvalue weighted by atomic mass is 19.1. The zero-order valence-corrected chi connectivity index (χ0v) is 14.1. The van der Waals surface area contributed by atoms with Gasteiger partial charge in [-0.1, -0.05) is 0 Å². The summed E-state index contributed by atoms with van der Waals surface area (Å²) in [4.78, 5) is 23.9. The van der Waals surface area contributed by atoms with E-state index in [2.05, 4.69) is 16.0 Å². The molecule has 136 valence electrons. The van der Waals surface area contributed by atoms with Gasteiger partial charge in [-0.15, -0.1) is 0 Å². The van der Waals surface area contributed by atoms with E-state index in [4.69, 9.17) is 4.74 Å². The lowest BCUT2D eigenvalue weighted by molar-refractivity contribution is -0.122. The third-order valence-corrected chi connectivity index (χ3v) is 3.87. The Kier molecular flexibility index (Phi) is 4.75. The number of benzene rings is 2. The fraction of sp³-hybridized carbons (Fsp3) is 0.222. The van der Waals surface area contributed by atoms with Crippen molar-refractivity contribution in [2.45, 2.75) is 26.0 Å². The van der Waals surface area contributed by atoms with E-state index < -0.39 is 29.7 Å². The maximum absolute atomic E-state index is 13.6. The molecule has 8 heteroatoms. The number of ether oxygens (including phenoxy) is 1. The monoisotopic (exact) mass is 361 g/mol. The first-order valence-corrected chi connectivity index (χ1v) is 7.97. The number of rotatable bonds is 4. The van der Waals surface area contributed by atoms with E-state index in [1.54, 1.807) is 32.0 Å². The first-order chi connectivity index (χ1) is 12.3. The Morgan fingerprint density at radius 1 is 1.23 bits per heavy atom. The van der Waals surface area contributed by atoms with E-state index in [-0.39, 0.29) is 11.6 Å². The lowest BCUT2D eigenvalue weighted by Crippen LogP contribution is -2.35. The molecule has 3 N–H and O–H groups in total. The third kappa shape index (κ3) is 3.74. The van der Waals surface area contributed by atoms with Crippen LogP contribution in [0.2, 0.25) is 0 Å². The predicted octanol–water partition coefficient (Wildman–Crippen LogP) is 3.12. The minimum atomic E-state index is -0.741. The number of nitrogens with one attached hydrogen (secondary N) is 3. The van der Waals surface area contributed by atoms with Crippen LogP contribution in [-0.2, 0) is 9.59 Å². The highest BCUT2D eigenvalue weighted by Crippen LogP contribution is 2.32. The molecule has 0 aliphatic carbocycles. The maximum Gasteiger partial charge on any atom is 0.265 e. The van der Waals surface area contributed by atoms with E-state index in [1.807, 2.05) is 0 Å². The number of hydrogen-bond donors (Lipinski definition) is 3. The third-order valence-electron chi connectivity index (χ3n) is 3.87. The molecule has 1 aliphatic heterocycles. The van der Waals surface area contributed by atoms with Crippen LogP contribution < -0.4 is 20.7 Å². The van der Waals surface area contributed by atoms with Gasteiger partial charge in [0.1, 0.15) is 23.4 Å². The summed E-state index contributed by atoms with van der Waals surface area (Å²) in [6.45, 7) is 3.21. The van der Waals surface area contributed by atoms with Crippen molar-refractivity contribution < 1.29 is 23.1 Å². The molecule has 2 aromatic carbocycles. The van der Waals surface area contributed by atoms with Crippen LogP contribution in [0.15, 0.2) is 36.4 Å². The summed E-state index contributed by atoms with van der Waals surface area (Å²) in [5, 5.41) is 7.98. The molecule has 0 bridgehead atoms. The van der Waals surface area contributed by atoms with Gasteiger partial charge in [-0.3, -0.25) is 9.59 Å². The van der Waals surface area contributed by atoms with Gasteiger partial charge < -0.3 is 20.7 Å². The quantitative estimate of drug-likeness (QED) is 0.782. The van der Waals surface area contributed by atoms with Crippen molar-refractivity contribution in [3.63, 3.8) is 0 Å². The summed E-state index contributed by atoms with van der Waals surface area (Å²) >= 11 is 0.